The van der Waals surface area contributed by atoms with Crippen LogP contribution in [0, 0.1) is 0 Å². The number of morpholine rings is 1. The van der Waals surface area contributed by atoms with Crippen LogP contribution >= 0.6 is 0 Å². The van der Waals surface area contributed by atoms with Gasteiger partial charge in [0.15, 0.2) is 0 Å². The number of benzene rings is 1. The molecular formula is C18H24N6O2. The monoisotopic (exact) mass is 356 g/mol. The maximum absolute atomic E-state index is 12.9. The highest BCUT2D eigenvalue weighted by Gasteiger charge is 2.24. The minimum atomic E-state index is -0.0959. The van der Waals surface area contributed by atoms with E-state index in [1.54, 1.807) is 17.1 Å². The highest BCUT2D eigenvalue weighted by molar-refractivity contribution is 5.77. The van der Waals surface area contributed by atoms with Gasteiger partial charge in [-0.3, -0.25) is 4.79 Å². The fourth-order valence-corrected chi connectivity index (χ4v) is 3.08. The molecule has 1 saturated heterocycles. The highest BCUT2D eigenvalue weighted by atomic mass is 16.5. The third kappa shape index (κ3) is 4.33. The first-order valence-electron chi connectivity index (χ1n) is 8.74. The van der Waals surface area contributed by atoms with Gasteiger partial charge in [0.25, 0.3) is 0 Å². The molecule has 1 aromatic carbocycles. The van der Waals surface area contributed by atoms with Crippen molar-refractivity contribution in [1.29, 1.82) is 0 Å². The summed E-state index contributed by atoms with van der Waals surface area (Å²) in [5, 5.41) is 14.6. The van der Waals surface area contributed by atoms with Crippen LogP contribution in [0.1, 0.15) is 24.9 Å². The Morgan fingerprint density at radius 2 is 2.46 bits per heavy atom. The van der Waals surface area contributed by atoms with Crippen molar-refractivity contribution >= 4 is 5.91 Å². The zero-order valence-electron chi connectivity index (χ0n) is 14.9. The summed E-state index contributed by atoms with van der Waals surface area (Å²) >= 11 is 0. The number of rotatable bonds is 7. The molecule has 0 saturated carbocycles. The number of nitrogens with zero attached hydrogens (tertiary/aromatic N) is 5. The van der Waals surface area contributed by atoms with Gasteiger partial charge in [-0.05, 0) is 35.0 Å². The first-order chi connectivity index (χ1) is 12.7. The van der Waals surface area contributed by atoms with E-state index in [4.69, 9.17) is 4.74 Å². The van der Waals surface area contributed by atoms with E-state index in [0.717, 1.165) is 17.8 Å². The summed E-state index contributed by atoms with van der Waals surface area (Å²) in [5.74, 6) is 0.0771. The lowest BCUT2D eigenvalue weighted by atomic mass is 10.0. The lowest BCUT2D eigenvalue weighted by Crippen LogP contribution is -2.45. The molecule has 0 aliphatic carbocycles. The second-order valence-electron chi connectivity index (χ2n) is 6.29. The predicted octanol–water partition coefficient (Wildman–Crippen LogP) is 1.12. The van der Waals surface area contributed by atoms with E-state index < -0.39 is 0 Å². The molecular weight excluding hydrogens is 332 g/mol. The summed E-state index contributed by atoms with van der Waals surface area (Å²) in [5.41, 5.74) is 1.87. The summed E-state index contributed by atoms with van der Waals surface area (Å²) in [7, 11) is 0. The Morgan fingerprint density at radius 3 is 3.15 bits per heavy atom. The van der Waals surface area contributed by atoms with E-state index in [2.05, 4.69) is 27.4 Å². The van der Waals surface area contributed by atoms with Gasteiger partial charge < -0.3 is 15.0 Å². The summed E-state index contributed by atoms with van der Waals surface area (Å²) < 4.78 is 7.05. The van der Waals surface area contributed by atoms with Crippen molar-refractivity contribution in [2.24, 2.45) is 0 Å². The Hall–Kier alpha value is -2.58. The first kappa shape index (κ1) is 18.2. The Bertz CT molecular complexity index is 727. The SMILES string of the molecule is C=CCN(C(=O)CC1COCCN1)C(C)c1cccc(-n2cnnn2)c1. The molecule has 0 bridgehead atoms. The first-order valence-corrected chi connectivity index (χ1v) is 8.74. The van der Waals surface area contributed by atoms with Gasteiger partial charge >= 0.3 is 0 Å². The maximum Gasteiger partial charge on any atom is 0.225 e. The molecule has 8 nitrogen and oxygen atoms in total. The minimum absolute atomic E-state index is 0.0586. The molecule has 138 valence electrons. The van der Waals surface area contributed by atoms with Crippen molar-refractivity contribution in [1.82, 2.24) is 30.4 Å². The van der Waals surface area contributed by atoms with Gasteiger partial charge in [0.2, 0.25) is 5.91 Å². The second kappa shape index (κ2) is 8.68. The van der Waals surface area contributed by atoms with Crippen molar-refractivity contribution in [3.63, 3.8) is 0 Å². The number of amides is 1. The second-order valence-corrected chi connectivity index (χ2v) is 6.29. The third-order valence-electron chi connectivity index (χ3n) is 4.50. The van der Waals surface area contributed by atoms with Gasteiger partial charge in [-0.25, -0.2) is 4.68 Å². The largest absolute Gasteiger partial charge is 0.378 e. The number of carbonyl (C=O) groups excluding carboxylic acids is 1. The maximum atomic E-state index is 12.9. The minimum Gasteiger partial charge on any atom is -0.378 e. The zero-order valence-corrected chi connectivity index (χ0v) is 14.9. The van der Waals surface area contributed by atoms with Crippen LogP contribution in [0.25, 0.3) is 5.69 Å². The molecule has 2 atom stereocenters. The number of tetrazole rings is 1. The smallest absolute Gasteiger partial charge is 0.225 e. The van der Waals surface area contributed by atoms with Crippen molar-refractivity contribution in [3.8, 4) is 5.69 Å². The normalized spacial score (nSPS) is 18.3. The van der Waals surface area contributed by atoms with Crippen LogP contribution in [-0.4, -0.2) is 63.4 Å². The Morgan fingerprint density at radius 1 is 1.58 bits per heavy atom. The number of nitrogens with one attached hydrogen (secondary N) is 1. The van der Waals surface area contributed by atoms with Gasteiger partial charge in [-0.1, -0.05) is 18.2 Å². The van der Waals surface area contributed by atoms with Crippen molar-refractivity contribution < 1.29 is 9.53 Å². The van der Waals surface area contributed by atoms with Crippen LogP contribution in [0.2, 0.25) is 0 Å². The Balaban J connectivity index is 1.75. The topological polar surface area (TPSA) is 85.2 Å². The molecule has 1 aliphatic rings. The average molecular weight is 356 g/mol. The number of aromatic nitrogens is 4. The number of ether oxygens (including phenoxy) is 1. The summed E-state index contributed by atoms with van der Waals surface area (Å²) in [6.45, 7) is 8.35. The van der Waals surface area contributed by atoms with Gasteiger partial charge in [-0.15, -0.1) is 11.7 Å². The lowest BCUT2D eigenvalue weighted by molar-refractivity contribution is -0.134. The van der Waals surface area contributed by atoms with E-state index in [1.807, 2.05) is 36.1 Å². The molecule has 2 aromatic rings. The molecule has 0 radical (unpaired) electrons. The molecule has 26 heavy (non-hydrogen) atoms. The molecule has 2 unspecified atom stereocenters. The van der Waals surface area contributed by atoms with Gasteiger partial charge in [0.1, 0.15) is 6.33 Å². The van der Waals surface area contributed by atoms with Gasteiger partial charge in [0.05, 0.1) is 24.9 Å². The zero-order chi connectivity index (χ0) is 18.4. The van der Waals surface area contributed by atoms with Crippen molar-refractivity contribution in [2.75, 3.05) is 26.3 Å². The molecule has 1 fully saturated rings. The van der Waals surface area contributed by atoms with E-state index in [1.165, 1.54) is 0 Å². The van der Waals surface area contributed by atoms with Crippen LogP contribution in [0.5, 0.6) is 0 Å². The van der Waals surface area contributed by atoms with Crippen LogP contribution in [-0.2, 0) is 9.53 Å². The molecule has 8 heteroatoms. The van der Waals surface area contributed by atoms with Gasteiger partial charge in [-0.2, -0.15) is 0 Å². The van der Waals surface area contributed by atoms with E-state index >= 15 is 0 Å². The average Bonchev–Trinajstić information content (AvgIpc) is 3.21. The summed E-state index contributed by atoms with van der Waals surface area (Å²) in [6.07, 6.45) is 3.71. The van der Waals surface area contributed by atoms with Crippen LogP contribution < -0.4 is 5.32 Å². The fourth-order valence-electron chi connectivity index (χ4n) is 3.08. The Kier molecular flexibility index (Phi) is 6.08. The Labute approximate surface area is 152 Å². The van der Waals surface area contributed by atoms with Gasteiger partial charge in [0, 0.05) is 25.6 Å². The quantitative estimate of drug-likeness (QED) is 0.748. The van der Waals surface area contributed by atoms with Crippen LogP contribution in [0.3, 0.4) is 0 Å². The van der Waals surface area contributed by atoms with E-state index in [9.17, 15) is 4.79 Å². The lowest BCUT2D eigenvalue weighted by Gasteiger charge is -2.31. The summed E-state index contributed by atoms with van der Waals surface area (Å²) in [6, 6.07) is 7.83. The fraction of sp³-hybridized carbons (Fsp3) is 0.444. The van der Waals surface area contributed by atoms with E-state index in [-0.39, 0.29) is 18.0 Å². The molecule has 3 rings (SSSR count). The highest BCUT2D eigenvalue weighted by Crippen LogP contribution is 2.23. The van der Waals surface area contributed by atoms with Crippen LogP contribution in [0.4, 0.5) is 0 Å². The number of carbonyl (C=O) groups is 1. The van der Waals surface area contributed by atoms with Crippen molar-refractivity contribution in [2.45, 2.75) is 25.4 Å². The number of hydrogen-bond donors (Lipinski definition) is 1. The molecule has 1 aromatic heterocycles. The standard InChI is InChI=1S/C18H24N6O2/c1-3-8-23(18(25)11-16-12-26-9-7-19-16)14(2)15-5-4-6-17(10-15)24-13-20-21-22-24/h3-6,10,13-14,16,19H,1,7-9,11-12H2,2H3. The molecule has 1 N–H and O–H groups in total. The summed E-state index contributed by atoms with van der Waals surface area (Å²) in [4.78, 5) is 14.7. The molecule has 1 amide bonds. The third-order valence-corrected chi connectivity index (χ3v) is 4.50. The number of hydrogen-bond acceptors (Lipinski definition) is 6. The predicted molar refractivity (Wildman–Crippen MR) is 96.7 cm³/mol. The molecule has 0 spiro atoms. The molecule has 1 aliphatic heterocycles. The van der Waals surface area contributed by atoms with Crippen molar-refractivity contribution in [3.05, 3.63) is 48.8 Å². The molecule has 2 heterocycles. The van der Waals surface area contributed by atoms with Crippen LogP contribution in [0.15, 0.2) is 43.2 Å². The van der Waals surface area contributed by atoms with E-state index in [0.29, 0.717) is 26.2 Å².